The first-order valence-corrected chi connectivity index (χ1v) is 10.2. The molecule has 0 saturated carbocycles. The van der Waals surface area contributed by atoms with Crippen LogP contribution in [0.4, 0.5) is 5.69 Å². The quantitative estimate of drug-likeness (QED) is 0.791. The van der Waals surface area contributed by atoms with Crippen LogP contribution in [-0.2, 0) is 0 Å². The standard InChI is InChI=1S/C24H30N2O2/c1-16(2)21-10-5-7-18(4)22(21)25-23(27)19-8-6-9-20(15-19)24(28)26-13-11-17(3)12-14-26/h5-10,15-17H,11-14H2,1-4H3,(H,25,27). The van der Waals surface area contributed by atoms with Gasteiger partial charge in [-0.3, -0.25) is 9.59 Å². The van der Waals surface area contributed by atoms with E-state index in [9.17, 15) is 9.59 Å². The fourth-order valence-electron chi connectivity index (χ4n) is 3.72. The smallest absolute Gasteiger partial charge is 0.255 e. The number of piperidine rings is 1. The van der Waals surface area contributed by atoms with Gasteiger partial charge in [0.2, 0.25) is 0 Å². The van der Waals surface area contributed by atoms with Crippen LogP contribution in [-0.4, -0.2) is 29.8 Å². The van der Waals surface area contributed by atoms with Gasteiger partial charge in [-0.05, 0) is 60.9 Å². The molecule has 0 atom stereocenters. The molecule has 2 amide bonds. The number of aryl methyl sites for hydroxylation is 1. The molecule has 0 aromatic heterocycles. The van der Waals surface area contributed by atoms with Crippen LogP contribution in [0.25, 0.3) is 0 Å². The summed E-state index contributed by atoms with van der Waals surface area (Å²) in [6.07, 6.45) is 2.08. The van der Waals surface area contributed by atoms with Gasteiger partial charge < -0.3 is 10.2 Å². The summed E-state index contributed by atoms with van der Waals surface area (Å²) in [5.74, 6) is 0.813. The number of carbonyl (C=O) groups is 2. The Hall–Kier alpha value is -2.62. The summed E-state index contributed by atoms with van der Waals surface area (Å²) in [4.78, 5) is 27.6. The zero-order valence-corrected chi connectivity index (χ0v) is 17.3. The number of hydrogen-bond donors (Lipinski definition) is 1. The molecule has 3 rings (SSSR count). The molecule has 2 aromatic rings. The molecule has 0 unspecified atom stereocenters. The third kappa shape index (κ3) is 4.44. The van der Waals surface area contributed by atoms with Crippen LogP contribution < -0.4 is 5.32 Å². The fourth-order valence-corrected chi connectivity index (χ4v) is 3.72. The lowest BCUT2D eigenvalue weighted by atomic mass is 9.97. The minimum Gasteiger partial charge on any atom is -0.339 e. The van der Waals surface area contributed by atoms with Gasteiger partial charge >= 0.3 is 0 Å². The maximum atomic E-state index is 12.9. The van der Waals surface area contributed by atoms with Crippen molar-refractivity contribution in [2.75, 3.05) is 18.4 Å². The summed E-state index contributed by atoms with van der Waals surface area (Å²) in [6.45, 7) is 10.0. The van der Waals surface area contributed by atoms with E-state index in [2.05, 4.69) is 26.1 Å². The topological polar surface area (TPSA) is 49.4 Å². The number of benzene rings is 2. The van der Waals surface area contributed by atoms with Crippen molar-refractivity contribution in [1.29, 1.82) is 0 Å². The minimum atomic E-state index is -0.182. The second-order valence-electron chi connectivity index (χ2n) is 8.20. The summed E-state index contributed by atoms with van der Waals surface area (Å²) < 4.78 is 0. The molecule has 0 radical (unpaired) electrons. The van der Waals surface area contributed by atoms with Crippen LogP contribution in [0.3, 0.4) is 0 Å². The van der Waals surface area contributed by atoms with Crippen molar-refractivity contribution >= 4 is 17.5 Å². The molecule has 1 fully saturated rings. The highest BCUT2D eigenvalue weighted by Gasteiger charge is 2.22. The third-order valence-corrected chi connectivity index (χ3v) is 5.61. The van der Waals surface area contributed by atoms with Crippen LogP contribution in [0.2, 0.25) is 0 Å². The highest BCUT2D eigenvalue weighted by Crippen LogP contribution is 2.28. The number of amides is 2. The molecular formula is C24H30N2O2. The van der Waals surface area contributed by atoms with Crippen molar-refractivity contribution in [1.82, 2.24) is 4.90 Å². The van der Waals surface area contributed by atoms with Gasteiger partial charge in [-0.1, -0.05) is 45.0 Å². The predicted octanol–water partition coefficient (Wildman–Crippen LogP) is 5.24. The molecule has 2 aromatic carbocycles. The van der Waals surface area contributed by atoms with Crippen molar-refractivity contribution in [3.63, 3.8) is 0 Å². The molecule has 0 bridgehead atoms. The lowest BCUT2D eigenvalue weighted by Gasteiger charge is -2.30. The summed E-state index contributed by atoms with van der Waals surface area (Å²) in [5.41, 5.74) is 4.10. The molecule has 4 nitrogen and oxygen atoms in total. The first kappa shape index (κ1) is 20.1. The van der Waals surface area contributed by atoms with Gasteiger partial charge in [-0.15, -0.1) is 0 Å². The SMILES string of the molecule is Cc1cccc(C(C)C)c1NC(=O)c1cccc(C(=O)N2CCC(C)CC2)c1. The minimum absolute atomic E-state index is 0.0142. The monoisotopic (exact) mass is 378 g/mol. The number of likely N-dealkylation sites (tertiary alicyclic amines) is 1. The van der Waals surface area contributed by atoms with E-state index in [1.54, 1.807) is 24.3 Å². The molecule has 28 heavy (non-hydrogen) atoms. The Morgan fingerprint density at radius 2 is 1.68 bits per heavy atom. The summed E-state index contributed by atoms with van der Waals surface area (Å²) in [6, 6.07) is 13.1. The highest BCUT2D eigenvalue weighted by molar-refractivity contribution is 6.06. The molecule has 1 aliphatic heterocycles. The zero-order valence-electron chi connectivity index (χ0n) is 17.3. The van der Waals surface area contributed by atoms with Gasteiger partial charge in [0.1, 0.15) is 0 Å². The Morgan fingerprint density at radius 1 is 1.04 bits per heavy atom. The molecule has 4 heteroatoms. The Kier molecular flexibility index (Phi) is 6.18. The van der Waals surface area contributed by atoms with Crippen LogP contribution >= 0.6 is 0 Å². The first-order valence-electron chi connectivity index (χ1n) is 10.2. The van der Waals surface area contributed by atoms with Crippen molar-refractivity contribution < 1.29 is 9.59 Å². The lowest BCUT2D eigenvalue weighted by molar-refractivity contribution is 0.0697. The van der Waals surface area contributed by atoms with Crippen LogP contribution in [0.1, 0.15) is 71.4 Å². The van der Waals surface area contributed by atoms with Crippen LogP contribution in [0.5, 0.6) is 0 Å². The Bertz CT molecular complexity index is 865. The second-order valence-corrected chi connectivity index (χ2v) is 8.20. The van der Waals surface area contributed by atoms with Crippen molar-refractivity contribution in [2.45, 2.75) is 46.5 Å². The normalized spacial score (nSPS) is 15.0. The number of hydrogen-bond acceptors (Lipinski definition) is 2. The summed E-state index contributed by atoms with van der Waals surface area (Å²) in [5, 5.41) is 3.06. The number of anilines is 1. The lowest BCUT2D eigenvalue weighted by Crippen LogP contribution is -2.38. The molecule has 1 aliphatic rings. The number of nitrogens with zero attached hydrogens (tertiary/aromatic N) is 1. The van der Waals surface area contributed by atoms with E-state index < -0.39 is 0 Å². The molecule has 1 heterocycles. The van der Waals surface area contributed by atoms with Gasteiger partial charge in [0, 0.05) is 29.9 Å². The van der Waals surface area contributed by atoms with E-state index in [0.717, 1.165) is 42.7 Å². The van der Waals surface area contributed by atoms with E-state index in [1.807, 2.05) is 30.0 Å². The molecule has 1 N–H and O–H groups in total. The number of rotatable bonds is 4. The molecule has 1 saturated heterocycles. The third-order valence-electron chi connectivity index (χ3n) is 5.61. The highest BCUT2D eigenvalue weighted by atomic mass is 16.2. The van der Waals surface area contributed by atoms with Crippen LogP contribution in [0.15, 0.2) is 42.5 Å². The summed E-state index contributed by atoms with van der Waals surface area (Å²) >= 11 is 0. The van der Waals surface area contributed by atoms with Gasteiger partial charge in [-0.2, -0.15) is 0 Å². The van der Waals surface area contributed by atoms with E-state index in [1.165, 1.54) is 0 Å². The fraction of sp³-hybridized carbons (Fsp3) is 0.417. The second kappa shape index (κ2) is 8.59. The Balaban J connectivity index is 1.79. The van der Waals surface area contributed by atoms with Crippen LogP contribution in [0, 0.1) is 12.8 Å². The Morgan fingerprint density at radius 3 is 2.36 bits per heavy atom. The van der Waals surface area contributed by atoms with Gasteiger partial charge in [0.05, 0.1) is 0 Å². The van der Waals surface area contributed by atoms with Gasteiger partial charge in [-0.25, -0.2) is 0 Å². The maximum Gasteiger partial charge on any atom is 0.255 e. The zero-order chi connectivity index (χ0) is 20.3. The average molecular weight is 379 g/mol. The summed E-state index contributed by atoms with van der Waals surface area (Å²) in [7, 11) is 0. The first-order chi connectivity index (χ1) is 13.4. The van der Waals surface area contributed by atoms with Gasteiger partial charge in [0.15, 0.2) is 0 Å². The molecule has 0 aliphatic carbocycles. The van der Waals surface area contributed by atoms with Crippen molar-refractivity contribution in [3.05, 3.63) is 64.7 Å². The largest absolute Gasteiger partial charge is 0.339 e. The van der Waals surface area contributed by atoms with Crippen molar-refractivity contribution in [3.8, 4) is 0 Å². The average Bonchev–Trinajstić information content (AvgIpc) is 2.69. The van der Waals surface area contributed by atoms with Crippen molar-refractivity contribution in [2.24, 2.45) is 5.92 Å². The predicted molar refractivity (Wildman–Crippen MR) is 114 cm³/mol. The van der Waals surface area contributed by atoms with E-state index in [0.29, 0.717) is 23.0 Å². The number of para-hydroxylation sites is 1. The Labute approximate surface area is 167 Å². The van der Waals surface area contributed by atoms with E-state index >= 15 is 0 Å². The van der Waals surface area contributed by atoms with E-state index in [-0.39, 0.29) is 11.8 Å². The van der Waals surface area contributed by atoms with Gasteiger partial charge in [0.25, 0.3) is 11.8 Å². The van der Waals surface area contributed by atoms with E-state index in [4.69, 9.17) is 0 Å². The molecular weight excluding hydrogens is 348 g/mol. The number of carbonyl (C=O) groups excluding carboxylic acids is 2. The molecule has 148 valence electrons. The maximum absolute atomic E-state index is 12.9. The number of nitrogens with one attached hydrogen (secondary N) is 1. The molecule has 0 spiro atoms.